The molecule has 0 saturated carbocycles. The molecule has 3 rings (SSSR count). The van der Waals surface area contributed by atoms with Crippen LogP contribution >= 0.6 is 0 Å². The van der Waals surface area contributed by atoms with Crippen molar-refractivity contribution < 1.29 is 14.0 Å². The van der Waals surface area contributed by atoms with E-state index in [1.165, 1.54) is 0 Å². The number of likely N-dealkylation sites (tertiary alicyclic amines) is 1. The van der Waals surface area contributed by atoms with Crippen LogP contribution in [0.5, 0.6) is 0 Å². The van der Waals surface area contributed by atoms with Gasteiger partial charge < -0.3 is 14.6 Å². The van der Waals surface area contributed by atoms with Crippen LogP contribution in [0.4, 0.5) is 0 Å². The van der Waals surface area contributed by atoms with Crippen LogP contribution in [-0.4, -0.2) is 35.8 Å². The SMILES string of the molecule is CC(C)c1ccc(C(=O)NCC2CCCN2C(=O)C2=CCCC(C)(C)C2)o1. The lowest BCUT2D eigenvalue weighted by molar-refractivity contribution is -0.128. The predicted molar refractivity (Wildman–Crippen MR) is 106 cm³/mol. The summed E-state index contributed by atoms with van der Waals surface area (Å²) in [4.78, 5) is 27.4. The van der Waals surface area contributed by atoms with E-state index in [1.807, 2.05) is 24.8 Å². The molecule has 1 aromatic rings. The molecule has 1 aliphatic carbocycles. The van der Waals surface area contributed by atoms with Gasteiger partial charge in [0.05, 0.1) is 0 Å². The van der Waals surface area contributed by atoms with Gasteiger partial charge in [-0.1, -0.05) is 33.8 Å². The maximum absolute atomic E-state index is 13.0. The molecule has 0 aromatic carbocycles. The van der Waals surface area contributed by atoms with Gasteiger partial charge in [-0.2, -0.15) is 0 Å². The van der Waals surface area contributed by atoms with Gasteiger partial charge in [0.1, 0.15) is 5.76 Å². The van der Waals surface area contributed by atoms with Crippen LogP contribution in [0.2, 0.25) is 0 Å². The summed E-state index contributed by atoms with van der Waals surface area (Å²) in [7, 11) is 0. The first-order valence-electron chi connectivity index (χ1n) is 10.1. The number of nitrogens with one attached hydrogen (secondary N) is 1. The highest BCUT2D eigenvalue weighted by atomic mass is 16.4. The minimum Gasteiger partial charge on any atom is -0.456 e. The highest BCUT2D eigenvalue weighted by molar-refractivity contribution is 5.94. The van der Waals surface area contributed by atoms with E-state index in [2.05, 4.69) is 25.2 Å². The third kappa shape index (κ3) is 4.63. The highest BCUT2D eigenvalue weighted by Crippen LogP contribution is 2.36. The molecule has 27 heavy (non-hydrogen) atoms. The van der Waals surface area contributed by atoms with E-state index in [0.717, 1.165) is 50.0 Å². The third-order valence-electron chi connectivity index (χ3n) is 5.71. The zero-order valence-corrected chi connectivity index (χ0v) is 17.0. The molecule has 1 fully saturated rings. The first-order valence-corrected chi connectivity index (χ1v) is 10.1. The number of furan rings is 1. The maximum Gasteiger partial charge on any atom is 0.287 e. The predicted octanol–water partition coefficient (Wildman–Crippen LogP) is 4.26. The fraction of sp³-hybridized carbons (Fsp3) is 0.636. The average molecular weight is 373 g/mol. The minimum atomic E-state index is -0.209. The van der Waals surface area contributed by atoms with Crippen molar-refractivity contribution in [1.82, 2.24) is 10.2 Å². The van der Waals surface area contributed by atoms with E-state index < -0.39 is 0 Å². The first-order chi connectivity index (χ1) is 12.8. The number of carbonyl (C=O) groups is 2. The highest BCUT2D eigenvalue weighted by Gasteiger charge is 2.34. The fourth-order valence-electron chi connectivity index (χ4n) is 4.06. The Morgan fingerprint density at radius 3 is 2.78 bits per heavy atom. The molecule has 2 amide bonds. The standard InChI is InChI=1S/C22H32N2O3/c1-15(2)18-9-10-19(27-18)20(25)23-14-17-8-6-12-24(17)21(26)16-7-5-11-22(3,4)13-16/h7,9-10,15,17H,5-6,8,11-14H2,1-4H3,(H,23,25). The molecule has 5 heteroatoms. The number of nitrogens with zero attached hydrogens (tertiary/aromatic N) is 1. The summed E-state index contributed by atoms with van der Waals surface area (Å²) < 4.78 is 5.61. The molecule has 0 radical (unpaired) electrons. The second kappa shape index (κ2) is 7.91. The number of hydrogen-bond acceptors (Lipinski definition) is 3. The third-order valence-corrected chi connectivity index (χ3v) is 5.71. The molecule has 0 bridgehead atoms. The van der Waals surface area contributed by atoms with Crippen molar-refractivity contribution in [3.63, 3.8) is 0 Å². The average Bonchev–Trinajstić information content (AvgIpc) is 3.27. The number of allylic oxidation sites excluding steroid dienone is 1. The summed E-state index contributed by atoms with van der Waals surface area (Å²) in [6.07, 6.45) is 6.97. The lowest BCUT2D eigenvalue weighted by atomic mass is 9.77. The molecule has 2 heterocycles. The lowest BCUT2D eigenvalue weighted by Gasteiger charge is -2.32. The summed E-state index contributed by atoms with van der Waals surface area (Å²) in [5.74, 6) is 1.34. The largest absolute Gasteiger partial charge is 0.456 e. The van der Waals surface area contributed by atoms with Gasteiger partial charge in [0.25, 0.3) is 5.91 Å². The second-order valence-corrected chi connectivity index (χ2v) is 8.97. The van der Waals surface area contributed by atoms with Crippen LogP contribution in [0, 0.1) is 5.41 Å². The quantitative estimate of drug-likeness (QED) is 0.840. The van der Waals surface area contributed by atoms with E-state index in [4.69, 9.17) is 4.42 Å². The molecule has 1 aliphatic heterocycles. The Balaban J connectivity index is 1.58. The normalized spacial score (nSPS) is 22.0. The monoisotopic (exact) mass is 372 g/mol. The van der Waals surface area contributed by atoms with E-state index >= 15 is 0 Å². The van der Waals surface area contributed by atoms with Gasteiger partial charge in [-0.15, -0.1) is 0 Å². The van der Waals surface area contributed by atoms with Crippen LogP contribution in [0.25, 0.3) is 0 Å². The van der Waals surface area contributed by atoms with Gasteiger partial charge in [-0.25, -0.2) is 0 Å². The molecule has 0 spiro atoms. The number of rotatable bonds is 5. The summed E-state index contributed by atoms with van der Waals surface area (Å²) in [6, 6.07) is 3.63. The summed E-state index contributed by atoms with van der Waals surface area (Å²) in [6.45, 7) is 9.76. The van der Waals surface area contributed by atoms with Gasteiger partial charge >= 0.3 is 0 Å². The lowest BCUT2D eigenvalue weighted by Crippen LogP contribution is -2.44. The van der Waals surface area contributed by atoms with Crippen LogP contribution in [-0.2, 0) is 4.79 Å². The van der Waals surface area contributed by atoms with Gasteiger partial charge in [-0.3, -0.25) is 9.59 Å². The van der Waals surface area contributed by atoms with E-state index in [1.54, 1.807) is 6.07 Å². The van der Waals surface area contributed by atoms with Crippen LogP contribution < -0.4 is 5.32 Å². The van der Waals surface area contributed by atoms with Gasteiger partial charge in [0.15, 0.2) is 5.76 Å². The van der Waals surface area contributed by atoms with Crippen LogP contribution in [0.3, 0.4) is 0 Å². The molecular weight excluding hydrogens is 340 g/mol. The Bertz CT molecular complexity index is 730. The molecular formula is C22H32N2O3. The Morgan fingerprint density at radius 1 is 1.33 bits per heavy atom. The van der Waals surface area contributed by atoms with Crippen molar-refractivity contribution in [2.24, 2.45) is 5.41 Å². The van der Waals surface area contributed by atoms with E-state index in [0.29, 0.717) is 12.3 Å². The Labute approximate surface area is 162 Å². The van der Waals surface area contributed by atoms with E-state index in [9.17, 15) is 9.59 Å². The smallest absolute Gasteiger partial charge is 0.287 e. The van der Waals surface area contributed by atoms with Crippen LogP contribution in [0.15, 0.2) is 28.2 Å². The van der Waals surface area contributed by atoms with Crippen molar-refractivity contribution >= 4 is 11.8 Å². The van der Waals surface area contributed by atoms with Gasteiger partial charge in [0, 0.05) is 30.6 Å². The van der Waals surface area contributed by atoms with Crippen LogP contribution in [0.1, 0.15) is 82.0 Å². The molecule has 1 saturated heterocycles. The van der Waals surface area contributed by atoms with Crippen molar-refractivity contribution in [3.05, 3.63) is 35.3 Å². The molecule has 2 aliphatic rings. The number of hydrogen-bond donors (Lipinski definition) is 1. The molecule has 5 nitrogen and oxygen atoms in total. The van der Waals surface area contributed by atoms with Crippen molar-refractivity contribution in [2.45, 2.75) is 71.8 Å². The molecule has 1 atom stereocenters. The summed E-state index contributed by atoms with van der Waals surface area (Å²) in [5.41, 5.74) is 1.13. The fourth-order valence-corrected chi connectivity index (χ4v) is 4.06. The molecule has 1 aromatic heterocycles. The topological polar surface area (TPSA) is 62.6 Å². The number of carbonyl (C=O) groups excluding carboxylic acids is 2. The summed E-state index contributed by atoms with van der Waals surface area (Å²) in [5, 5.41) is 2.95. The molecule has 1 unspecified atom stereocenters. The van der Waals surface area contributed by atoms with Crippen molar-refractivity contribution in [2.75, 3.05) is 13.1 Å². The Hall–Kier alpha value is -2.04. The molecule has 1 N–H and O–H groups in total. The molecule has 148 valence electrons. The van der Waals surface area contributed by atoms with Gasteiger partial charge in [-0.05, 0) is 49.7 Å². The van der Waals surface area contributed by atoms with E-state index in [-0.39, 0.29) is 29.2 Å². The minimum absolute atomic E-state index is 0.0620. The van der Waals surface area contributed by atoms with Crippen molar-refractivity contribution in [3.8, 4) is 0 Å². The van der Waals surface area contributed by atoms with Gasteiger partial charge in [0.2, 0.25) is 5.91 Å². The zero-order chi connectivity index (χ0) is 19.6. The zero-order valence-electron chi connectivity index (χ0n) is 17.0. The van der Waals surface area contributed by atoms with Crippen molar-refractivity contribution in [1.29, 1.82) is 0 Å². The Morgan fingerprint density at radius 2 is 2.11 bits per heavy atom. The maximum atomic E-state index is 13.0. The Kier molecular flexibility index (Phi) is 5.78. The number of amides is 2. The second-order valence-electron chi connectivity index (χ2n) is 8.97. The first kappa shape index (κ1) is 19.7. The summed E-state index contributed by atoms with van der Waals surface area (Å²) >= 11 is 0.